The van der Waals surface area contributed by atoms with Crippen molar-refractivity contribution in [3.63, 3.8) is 0 Å². The topological polar surface area (TPSA) is 58.9 Å². The first-order valence-electron chi connectivity index (χ1n) is 8.07. The number of aryl methyl sites for hydroxylation is 1. The van der Waals surface area contributed by atoms with Crippen LogP contribution in [-0.2, 0) is 6.54 Å². The van der Waals surface area contributed by atoms with Crippen LogP contribution in [0.3, 0.4) is 0 Å². The van der Waals surface area contributed by atoms with Gasteiger partial charge in [0.1, 0.15) is 11.8 Å². The number of imidazole rings is 1. The number of aromatic nitrogens is 4. The van der Waals surface area contributed by atoms with Crippen LogP contribution >= 0.6 is 0 Å². The van der Waals surface area contributed by atoms with E-state index >= 15 is 0 Å². The average molecular weight is 324 g/mol. The van der Waals surface area contributed by atoms with E-state index in [2.05, 4.69) is 20.3 Å². The molecule has 2 aromatic heterocycles. The third kappa shape index (κ3) is 3.74. The zero-order valence-corrected chi connectivity index (χ0v) is 13.3. The number of alkyl halides is 2. The van der Waals surface area contributed by atoms with Crippen LogP contribution in [0.15, 0.2) is 12.7 Å². The van der Waals surface area contributed by atoms with Gasteiger partial charge in [0.2, 0.25) is 0 Å². The molecular weight excluding hydrogens is 302 g/mol. The van der Waals surface area contributed by atoms with Gasteiger partial charge in [0.25, 0.3) is 6.43 Å². The zero-order chi connectivity index (χ0) is 16.2. The van der Waals surface area contributed by atoms with Gasteiger partial charge in [-0.15, -0.1) is 0 Å². The summed E-state index contributed by atoms with van der Waals surface area (Å²) in [7, 11) is 0. The number of likely N-dealkylation sites (tertiary alicyclic amines) is 1. The molecule has 1 aliphatic rings. The van der Waals surface area contributed by atoms with Crippen LogP contribution in [0.4, 0.5) is 14.6 Å². The first kappa shape index (κ1) is 16.0. The molecule has 1 N–H and O–H groups in total. The summed E-state index contributed by atoms with van der Waals surface area (Å²) in [4.78, 5) is 14.8. The molecule has 2 aromatic rings. The van der Waals surface area contributed by atoms with Crippen LogP contribution in [0, 0.1) is 5.92 Å². The molecule has 1 fully saturated rings. The zero-order valence-electron chi connectivity index (χ0n) is 13.3. The molecule has 0 unspecified atom stereocenters. The Bertz CT molecular complexity index is 636. The molecule has 1 aliphatic heterocycles. The van der Waals surface area contributed by atoms with E-state index < -0.39 is 6.43 Å². The van der Waals surface area contributed by atoms with E-state index in [1.807, 2.05) is 16.4 Å². The lowest BCUT2D eigenvalue weighted by Crippen LogP contribution is -2.38. The third-order valence-corrected chi connectivity index (χ3v) is 4.40. The SMILES string of the molecule is CCn1cnc2c(NCC3CCN(CC(F)F)CC3)ncnc21. The molecule has 3 heterocycles. The fourth-order valence-electron chi connectivity index (χ4n) is 3.05. The van der Waals surface area contributed by atoms with E-state index in [0.717, 1.165) is 56.0 Å². The Morgan fingerprint density at radius 1 is 1.26 bits per heavy atom. The lowest BCUT2D eigenvalue weighted by atomic mass is 9.97. The maximum Gasteiger partial charge on any atom is 0.251 e. The fraction of sp³-hybridized carbons (Fsp3) is 0.667. The van der Waals surface area contributed by atoms with Crippen LogP contribution in [0.2, 0.25) is 0 Å². The van der Waals surface area contributed by atoms with Crippen molar-refractivity contribution in [2.45, 2.75) is 32.7 Å². The second-order valence-electron chi connectivity index (χ2n) is 5.94. The summed E-state index contributed by atoms with van der Waals surface area (Å²) in [5.41, 5.74) is 1.61. The number of nitrogens with zero attached hydrogens (tertiary/aromatic N) is 5. The monoisotopic (exact) mass is 324 g/mol. The minimum absolute atomic E-state index is 0.110. The summed E-state index contributed by atoms with van der Waals surface area (Å²) in [6, 6.07) is 0. The summed E-state index contributed by atoms with van der Waals surface area (Å²) in [6.45, 7) is 5.01. The number of fused-ring (bicyclic) bond motifs is 1. The Morgan fingerprint density at radius 3 is 2.74 bits per heavy atom. The lowest BCUT2D eigenvalue weighted by molar-refractivity contribution is 0.0703. The van der Waals surface area contributed by atoms with Gasteiger partial charge in [0.15, 0.2) is 11.5 Å². The van der Waals surface area contributed by atoms with Gasteiger partial charge in [0.05, 0.1) is 12.9 Å². The third-order valence-electron chi connectivity index (χ3n) is 4.40. The first-order chi connectivity index (χ1) is 11.2. The first-order valence-corrected chi connectivity index (χ1v) is 8.07. The van der Waals surface area contributed by atoms with Crippen molar-refractivity contribution in [3.8, 4) is 0 Å². The number of anilines is 1. The van der Waals surface area contributed by atoms with Crippen molar-refractivity contribution < 1.29 is 8.78 Å². The quantitative estimate of drug-likeness (QED) is 0.883. The van der Waals surface area contributed by atoms with E-state index in [-0.39, 0.29) is 6.54 Å². The number of nitrogens with one attached hydrogen (secondary N) is 1. The minimum atomic E-state index is -2.24. The highest BCUT2D eigenvalue weighted by atomic mass is 19.3. The van der Waals surface area contributed by atoms with Crippen molar-refractivity contribution in [2.75, 3.05) is 31.5 Å². The molecule has 23 heavy (non-hydrogen) atoms. The minimum Gasteiger partial charge on any atom is -0.368 e. The standard InChI is InChI=1S/C15H22F2N6/c1-2-23-10-21-13-14(19-9-20-15(13)23)18-7-11-3-5-22(6-4-11)8-12(16)17/h9-12H,2-8H2,1H3,(H,18,19,20). The molecule has 0 saturated carbocycles. The Labute approximate surface area is 133 Å². The normalized spacial score (nSPS) is 17.2. The largest absolute Gasteiger partial charge is 0.368 e. The predicted octanol–water partition coefficient (Wildman–Crippen LogP) is 2.24. The summed E-state index contributed by atoms with van der Waals surface area (Å²) in [5.74, 6) is 1.22. The number of rotatable bonds is 6. The maximum atomic E-state index is 12.4. The molecule has 1 saturated heterocycles. The highest BCUT2D eigenvalue weighted by Gasteiger charge is 2.21. The number of hydrogen-bond acceptors (Lipinski definition) is 5. The van der Waals surface area contributed by atoms with Crippen molar-refractivity contribution >= 4 is 17.0 Å². The second kappa shape index (κ2) is 7.16. The van der Waals surface area contributed by atoms with E-state index in [1.54, 1.807) is 12.7 Å². The van der Waals surface area contributed by atoms with Gasteiger partial charge in [-0.25, -0.2) is 23.7 Å². The molecular formula is C15H22F2N6. The van der Waals surface area contributed by atoms with Crippen LogP contribution in [0.5, 0.6) is 0 Å². The molecule has 3 rings (SSSR count). The van der Waals surface area contributed by atoms with E-state index in [4.69, 9.17) is 0 Å². The number of hydrogen-bond donors (Lipinski definition) is 1. The summed E-state index contributed by atoms with van der Waals surface area (Å²) in [5, 5.41) is 3.36. The maximum absolute atomic E-state index is 12.4. The van der Waals surface area contributed by atoms with Gasteiger partial charge >= 0.3 is 0 Å². The molecule has 0 atom stereocenters. The van der Waals surface area contributed by atoms with Crippen LogP contribution < -0.4 is 5.32 Å². The molecule has 0 amide bonds. The molecule has 0 radical (unpaired) electrons. The summed E-state index contributed by atoms with van der Waals surface area (Å²) < 4.78 is 26.8. The number of halogens is 2. The summed E-state index contributed by atoms with van der Waals surface area (Å²) >= 11 is 0. The molecule has 0 spiro atoms. The van der Waals surface area contributed by atoms with Crippen molar-refractivity contribution in [1.29, 1.82) is 0 Å². The Kier molecular flexibility index (Phi) is 5.00. The lowest BCUT2D eigenvalue weighted by Gasteiger charge is -2.31. The second-order valence-corrected chi connectivity index (χ2v) is 5.94. The molecule has 6 nitrogen and oxygen atoms in total. The molecule has 0 aromatic carbocycles. The van der Waals surface area contributed by atoms with E-state index in [1.165, 1.54) is 0 Å². The van der Waals surface area contributed by atoms with E-state index in [0.29, 0.717) is 5.92 Å². The van der Waals surface area contributed by atoms with Crippen LogP contribution in [0.25, 0.3) is 11.2 Å². The predicted molar refractivity (Wildman–Crippen MR) is 84.7 cm³/mol. The van der Waals surface area contributed by atoms with Gasteiger partial charge in [-0.3, -0.25) is 4.90 Å². The Balaban J connectivity index is 1.56. The van der Waals surface area contributed by atoms with Crippen LogP contribution in [-0.4, -0.2) is 57.0 Å². The molecule has 126 valence electrons. The Morgan fingerprint density at radius 2 is 2.04 bits per heavy atom. The van der Waals surface area contributed by atoms with Crippen molar-refractivity contribution in [1.82, 2.24) is 24.4 Å². The smallest absolute Gasteiger partial charge is 0.251 e. The van der Waals surface area contributed by atoms with Crippen molar-refractivity contribution in [3.05, 3.63) is 12.7 Å². The van der Waals surface area contributed by atoms with Crippen molar-refractivity contribution in [2.24, 2.45) is 5.92 Å². The fourth-order valence-corrected chi connectivity index (χ4v) is 3.05. The molecule has 8 heteroatoms. The Hall–Kier alpha value is -1.83. The van der Waals surface area contributed by atoms with Gasteiger partial charge < -0.3 is 9.88 Å². The average Bonchev–Trinajstić information content (AvgIpc) is 2.97. The highest BCUT2D eigenvalue weighted by molar-refractivity contribution is 5.82. The van der Waals surface area contributed by atoms with Crippen LogP contribution in [0.1, 0.15) is 19.8 Å². The molecule has 0 bridgehead atoms. The number of piperidine rings is 1. The van der Waals surface area contributed by atoms with Gasteiger partial charge in [-0.2, -0.15) is 0 Å². The molecule has 0 aliphatic carbocycles. The van der Waals surface area contributed by atoms with Gasteiger partial charge in [-0.1, -0.05) is 0 Å². The van der Waals surface area contributed by atoms with E-state index in [9.17, 15) is 8.78 Å². The summed E-state index contributed by atoms with van der Waals surface area (Å²) in [6.07, 6.45) is 2.93. The van der Waals surface area contributed by atoms with Gasteiger partial charge in [0, 0.05) is 13.1 Å². The van der Waals surface area contributed by atoms with Gasteiger partial charge in [-0.05, 0) is 38.8 Å². The highest BCUT2D eigenvalue weighted by Crippen LogP contribution is 2.21.